The van der Waals surface area contributed by atoms with Crippen LogP contribution in [0.15, 0.2) is 40.8 Å². The summed E-state index contributed by atoms with van der Waals surface area (Å²) in [5.41, 5.74) is 10.8. The van der Waals surface area contributed by atoms with Crippen molar-refractivity contribution in [1.82, 2.24) is 10.5 Å². The third-order valence-corrected chi connectivity index (χ3v) is 3.93. The Morgan fingerprint density at radius 3 is 2.87 bits per heavy atom. The van der Waals surface area contributed by atoms with Gasteiger partial charge >= 0.3 is 0 Å². The number of nitrogens with zero attached hydrogens (tertiary/aromatic N) is 2. The summed E-state index contributed by atoms with van der Waals surface area (Å²) in [7, 11) is 1.63. The normalized spacial score (nSPS) is 13.5. The van der Waals surface area contributed by atoms with Crippen LogP contribution < -0.4 is 20.7 Å². The van der Waals surface area contributed by atoms with E-state index in [1.165, 1.54) is 0 Å². The molecule has 2 heterocycles. The highest BCUT2D eigenvalue weighted by atomic mass is 16.5. The highest BCUT2D eigenvalue weighted by molar-refractivity contribution is 5.84. The van der Waals surface area contributed by atoms with E-state index in [1.54, 1.807) is 7.11 Å². The standard InChI is InChI=1S/C17H18N4O2/c1-10(2)21-14-8-7-11(9-13(14)19-20-21)17-18-12-5-4-6-15(22-3)16(12)23-17/h4-10,19-20H,1-3H3. The molecule has 1 aliphatic rings. The quantitative estimate of drug-likeness (QED) is 0.771. The maximum Gasteiger partial charge on any atom is 0.227 e. The molecule has 0 unspecified atom stereocenters. The number of nitrogens with one attached hydrogen (secondary N) is 2. The molecule has 23 heavy (non-hydrogen) atoms. The minimum Gasteiger partial charge on any atom is -0.493 e. The lowest BCUT2D eigenvalue weighted by Crippen LogP contribution is -2.41. The number of rotatable bonds is 3. The topological polar surface area (TPSA) is 62.6 Å². The SMILES string of the molecule is COc1cccc2nc(-c3ccc4c(c3)NNN4C(C)C)oc12. The summed E-state index contributed by atoms with van der Waals surface area (Å²) >= 11 is 0. The molecular formula is C17H18N4O2. The number of methoxy groups -OCH3 is 1. The molecule has 0 radical (unpaired) electrons. The molecule has 0 fully saturated rings. The Morgan fingerprint density at radius 1 is 1.22 bits per heavy atom. The molecule has 3 aromatic rings. The average molecular weight is 310 g/mol. The molecule has 0 spiro atoms. The van der Waals surface area contributed by atoms with Gasteiger partial charge in [-0.2, -0.15) is 0 Å². The van der Waals surface area contributed by atoms with E-state index in [0.29, 0.717) is 23.3 Å². The van der Waals surface area contributed by atoms with Crippen molar-refractivity contribution in [2.75, 3.05) is 17.5 Å². The fourth-order valence-corrected chi connectivity index (χ4v) is 2.78. The van der Waals surface area contributed by atoms with Crippen LogP contribution in [0, 0.1) is 0 Å². The summed E-state index contributed by atoms with van der Waals surface area (Å²) in [5, 5.41) is 2.08. The van der Waals surface area contributed by atoms with E-state index in [0.717, 1.165) is 22.5 Å². The van der Waals surface area contributed by atoms with Crippen molar-refractivity contribution in [2.45, 2.75) is 19.9 Å². The van der Waals surface area contributed by atoms with Crippen molar-refractivity contribution in [3.8, 4) is 17.2 Å². The molecule has 0 saturated heterocycles. The van der Waals surface area contributed by atoms with Crippen LogP contribution in [0.5, 0.6) is 5.75 Å². The van der Waals surface area contributed by atoms with Gasteiger partial charge in [-0.25, -0.2) is 4.98 Å². The molecule has 0 aliphatic carbocycles. The van der Waals surface area contributed by atoms with E-state index >= 15 is 0 Å². The summed E-state index contributed by atoms with van der Waals surface area (Å²) in [6.07, 6.45) is 0. The van der Waals surface area contributed by atoms with Gasteiger partial charge in [-0.3, -0.25) is 5.01 Å². The second kappa shape index (κ2) is 5.17. The average Bonchev–Trinajstić information content (AvgIpc) is 3.17. The number of anilines is 2. The van der Waals surface area contributed by atoms with Crippen molar-refractivity contribution in [1.29, 1.82) is 0 Å². The van der Waals surface area contributed by atoms with E-state index < -0.39 is 0 Å². The number of hydrogen-bond acceptors (Lipinski definition) is 6. The van der Waals surface area contributed by atoms with Gasteiger partial charge in [-0.05, 0) is 44.2 Å². The van der Waals surface area contributed by atoms with E-state index in [9.17, 15) is 0 Å². The van der Waals surface area contributed by atoms with Gasteiger partial charge in [0.1, 0.15) is 5.52 Å². The number of para-hydroxylation sites is 1. The fraction of sp³-hybridized carbons (Fsp3) is 0.235. The molecule has 1 aromatic heterocycles. The molecule has 0 bridgehead atoms. The first-order chi connectivity index (χ1) is 11.2. The van der Waals surface area contributed by atoms with Gasteiger partial charge in [0.05, 0.1) is 18.5 Å². The Balaban J connectivity index is 1.77. The monoisotopic (exact) mass is 310 g/mol. The van der Waals surface area contributed by atoms with E-state index in [1.807, 2.05) is 30.3 Å². The number of fused-ring (bicyclic) bond motifs is 2. The first-order valence-corrected chi connectivity index (χ1v) is 7.56. The predicted molar refractivity (Wildman–Crippen MR) is 90.4 cm³/mol. The molecule has 6 nitrogen and oxygen atoms in total. The van der Waals surface area contributed by atoms with Crippen molar-refractivity contribution >= 4 is 22.5 Å². The van der Waals surface area contributed by atoms with Gasteiger partial charge in [-0.1, -0.05) is 6.07 Å². The zero-order valence-corrected chi connectivity index (χ0v) is 13.3. The molecule has 0 saturated carbocycles. The van der Waals surface area contributed by atoms with Crippen LogP contribution in [0.1, 0.15) is 13.8 Å². The summed E-state index contributed by atoms with van der Waals surface area (Å²) in [4.78, 5) is 4.56. The summed E-state index contributed by atoms with van der Waals surface area (Å²) < 4.78 is 11.2. The minimum absolute atomic E-state index is 0.350. The van der Waals surface area contributed by atoms with Gasteiger partial charge in [0.2, 0.25) is 5.89 Å². The van der Waals surface area contributed by atoms with Gasteiger partial charge < -0.3 is 14.6 Å². The molecular weight excluding hydrogens is 292 g/mol. The number of hydrogen-bond donors (Lipinski definition) is 2. The van der Waals surface area contributed by atoms with E-state index in [2.05, 4.69) is 40.9 Å². The van der Waals surface area contributed by atoms with Gasteiger partial charge in [-0.15, -0.1) is 5.53 Å². The Bertz CT molecular complexity index is 872. The Morgan fingerprint density at radius 2 is 2.09 bits per heavy atom. The lowest BCUT2D eigenvalue weighted by atomic mass is 10.1. The second-order valence-corrected chi connectivity index (χ2v) is 5.76. The first kappa shape index (κ1) is 13.9. The summed E-state index contributed by atoms with van der Waals surface area (Å²) in [6, 6.07) is 12.1. The van der Waals surface area contributed by atoms with Crippen molar-refractivity contribution in [3.05, 3.63) is 36.4 Å². The maximum atomic E-state index is 5.91. The molecule has 0 amide bonds. The number of benzene rings is 2. The fourth-order valence-electron chi connectivity index (χ4n) is 2.78. The highest BCUT2D eigenvalue weighted by Gasteiger charge is 2.22. The molecule has 0 atom stereocenters. The zero-order chi connectivity index (χ0) is 16.0. The van der Waals surface area contributed by atoms with E-state index in [-0.39, 0.29) is 0 Å². The third kappa shape index (κ3) is 2.19. The van der Waals surface area contributed by atoms with Crippen LogP contribution >= 0.6 is 0 Å². The number of ether oxygens (including phenoxy) is 1. The number of oxazole rings is 1. The summed E-state index contributed by atoms with van der Waals surface area (Å²) in [6.45, 7) is 4.26. The van der Waals surface area contributed by atoms with Crippen molar-refractivity contribution in [3.63, 3.8) is 0 Å². The highest BCUT2D eigenvalue weighted by Crippen LogP contribution is 2.36. The predicted octanol–water partition coefficient (Wildman–Crippen LogP) is 3.56. The Hall–Kier alpha value is -2.73. The zero-order valence-electron chi connectivity index (χ0n) is 13.3. The molecule has 4 rings (SSSR count). The largest absolute Gasteiger partial charge is 0.493 e. The van der Waals surface area contributed by atoms with Gasteiger partial charge in [0, 0.05) is 11.6 Å². The van der Waals surface area contributed by atoms with Crippen molar-refractivity contribution in [2.24, 2.45) is 0 Å². The lowest BCUT2D eigenvalue weighted by Gasteiger charge is -2.21. The number of hydrazine groups is 2. The first-order valence-electron chi connectivity index (χ1n) is 7.56. The Kier molecular flexibility index (Phi) is 3.12. The Labute approximate surface area is 134 Å². The third-order valence-electron chi connectivity index (χ3n) is 3.93. The number of aromatic nitrogens is 1. The molecule has 2 aromatic carbocycles. The molecule has 1 aliphatic heterocycles. The van der Waals surface area contributed by atoms with Crippen LogP contribution in [0.2, 0.25) is 0 Å². The smallest absolute Gasteiger partial charge is 0.227 e. The van der Waals surface area contributed by atoms with Gasteiger partial charge in [0.25, 0.3) is 0 Å². The van der Waals surface area contributed by atoms with Crippen molar-refractivity contribution < 1.29 is 9.15 Å². The minimum atomic E-state index is 0.350. The second-order valence-electron chi connectivity index (χ2n) is 5.76. The molecule has 2 N–H and O–H groups in total. The van der Waals surface area contributed by atoms with E-state index in [4.69, 9.17) is 9.15 Å². The molecule has 6 heteroatoms. The van der Waals surface area contributed by atoms with Crippen LogP contribution in [0.25, 0.3) is 22.6 Å². The van der Waals surface area contributed by atoms with Crippen LogP contribution in [0.4, 0.5) is 11.4 Å². The van der Waals surface area contributed by atoms with Crippen LogP contribution in [-0.2, 0) is 0 Å². The molecule has 118 valence electrons. The lowest BCUT2D eigenvalue weighted by molar-refractivity contribution is 0.411. The van der Waals surface area contributed by atoms with Gasteiger partial charge in [0.15, 0.2) is 11.3 Å². The summed E-state index contributed by atoms with van der Waals surface area (Å²) in [5.74, 6) is 1.27. The maximum absolute atomic E-state index is 5.91. The van der Waals surface area contributed by atoms with Crippen LogP contribution in [-0.4, -0.2) is 18.1 Å². The van der Waals surface area contributed by atoms with Crippen LogP contribution in [0.3, 0.4) is 0 Å².